The number of hydrogen-bond acceptors (Lipinski definition) is 4. The molecule has 1 heterocycles. The molecule has 0 unspecified atom stereocenters. The largest absolute Gasteiger partial charge is 0.386 e. The highest BCUT2D eigenvalue weighted by molar-refractivity contribution is 7.89. The van der Waals surface area contributed by atoms with E-state index in [0.29, 0.717) is 13.1 Å². The van der Waals surface area contributed by atoms with Gasteiger partial charge in [-0.05, 0) is 44.5 Å². The highest BCUT2D eigenvalue weighted by Gasteiger charge is 2.39. The SMILES string of the molecule is CCC1(O)CN(c2ccc(S(=O)(=O)NC(C)C)cc2)C1. The minimum atomic E-state index is -3.44. The van der Waals surface area contributed by atoms with Crippen LogP contribution in [0.1, 0.15) is 27.2 Å². The summed E-state index contributed by atoms with van der Waals surface area (Å²) >= 11 is 0. The standard InChI is InChI=1S/C14H22N2O3S/c1-4-14(17)9-16(10-14)12-5-7-13(8-6-12)20(18,19)15-11(2)3/h5-8,11,15,17H,4,9-10H2,1-3H3. The minimum absolute atomic E-state index is 0.130. The van der Waals surface area contributed by atoms with E-state index in [1.54, 1.807) is 38.1 Å². The summed E-state index contributed by atoms with van der Waals surface area (Å²) in [6.07, 6.45) is 0.730. The van der Waals surface area contributed by atoms with Crippen molar-refractivity contribution in [3.8, 4) is 0 Å². The smallest absolute Gasteiger partial charge is 0.240 e. The summed E-state index contributed by atoms with van der Waals surface area (Å²) in [5.74, 6) is 0. The normalized spacial score (nSPS) is 18.1. The van der Waals surface area contributed by atoms with Crippen molar-refractivity contribution in [2.45, 2.75) is 43.7 Å². The monoisotopic (exact) mass is 298 g/mol. The van der Waals surface area contributed by atoms with Gasteiger partial charge in [-0.25, -0.2) is 13.1 Å². The molecule has 0 aromatic heterocycles. The molecule has 0 atom stereocenters. The van der Waals surface area contributed by atoms with E-state index in [2.05, 4.69) is 4.72 Å². The molecule has 1 fully saturated rings. The van der Waals surface area contributed by atoms with Crippen molar-refractivity contribution < 1.29 is 13.5 Å². The molecule has 2 N–H and O–H groups in total. The molecule has 6 heteroatoms. The van der Waals surface area contributed by atoms with Crippen LogP contribution < -0.4 is 9.62 Å². The zero-order valence-corrected chi connectivity index (χ0v) is 12.9. The topological polar surface area (TPSA) is 69.6 Å². The molecule has 1 aliphatic rings. The van der Waals surface area contributed by atoms with Gasteiger partial charge >= 0.3 is 0 Å². The van der Waals surface area contributed by atoms with Crippen LogP contribution in [0.25, 0.3) is 0 Å². The fraction of sp³-hybridized carbons (Fsp3) is 0.571. The number of nitrogens with one attached hydrogen (secondary N) is 1. The highest BCUT2D eigenvalue weighted by Crippen LogP contribution is 2.30. The van der Waals surface area contributed by atoms with Gasteiger partial charge in [0, 0.05) is 24.8 Å². The van der Waals surface area contributed by atoms with Gasteiger partial charge in [0.2, 0.25) is 10.0 Å². The predicted octanol–water partition coefficient (Wildman–Crippen LogP) is 1.33. The van der Waals surface area contributed by atoms with Gasteiger partial charge < -0.3 is 10.0 Å². The van der Waals surface area contributed by atoms with E-state index in [9.17, 15) is 13.5 Å². The molecule has 5 nitrogen and oxygen atoms in total. The van der Waals surface area contributed by atoms with Crippen molar-refractivity contribution in [2.75, 3.05) is 18.0 Å². The van der Waals surface area contributed by atoms with Gasteiger partial charge in [0.05, 0.1) is 10.5 Å². The van der Waals surface area contributed by atoms with Crippen molar-refractivity contribution in [3.63, 3.8) is 0 Å². The molecule has 0 bridgehead atoms. The first-order valence-corrected chi connectivity index (χ1v) is 8.34. The highest BCUT2D eigenvalue weighted by atomic mass is 32.2. The molecule has 1 aliphatic heterocycles. The number of sulfonamides is 1. The van der Waals surface area contributed by atoms with Crippen LogP contribution in [0.15, 0.2) is 29.2 Å². The van der Waals surface area contributed by atoms with Crippen molar-refractivity contribution >= 4 is 15.7 Å². The van der Waals surface area contributed by atoms with Crippen LogP contribution in [-0.4, -0.2) is 38.3 Å². The van der Waals surface area contributed by atoms with Gasteiger partial charge in [-0.2, -0.15) is 0 Å². The van der Waals surface area contributed by atoms with E-state index in [1.807, 2.05) is 11.8 Å². The van der Waals surface area contributed by atoms with Crippen molar-refractivity contribution in [2.24, 2.45) is 0 Å². The van der Waals surface area contributed by atoms with E-state index >= 15 is 0 Å². The lowest BCUT2D eigenvalue weighted by atomic mass is 9.91. The Bertz CT molecular complexity index is 561. The maximum atomic E-state index is 12.0. The van der Waals surface area contributed by atoms with E-state index in [1.165, 1.54) is 0 Å². The number of rotatable bonds is 5. The lowest BCUT2D eigenvalue weighted by molar-refractivity contribution is 0.00852. The Morgan fingerprint density at radius 3 is 2.30 bits per heavy atom. The molecule has 20 heavy (non-hydrogen) atoms. The molecule has 0 saturated carbocycles. The maximum Gasteiger partial charge on any atom is 0.240 e. The molecule has 0 radical (unpaired) electrons. The lowest BCUT2D eigenvalue weighted by Gasteiger charge is -2.47. The summed E-state index contributed by atoms with van der Waals surface area (Å²) in [7, 11) is -3.44. The van der Waals surface area contributed by atoms with E-state index in [-0.39, 0.29) is 10.9 Å². The van der Waals surface area contributed by atoms with Crippen molar-refractivity contribution in [1.82, 2.24) is 4.72 Å². The summed E-state index contributed by atoms with van der Waals surface area (Å²) in [6, 6.07) is 6.63. The number of aliphatic hydroxyl groups is 1. The second-order valence-electron chi connectivity index (χ2n) is 5.70. The zero-order valence-electron chi connectivity index (χ0n) is 12.1. The zero-order chi connectivity index (χ0) is 15.0. The Morgan fingerprint density at radius 1 is 1.30 bits per heavy atom. The average Bonchev–Trinajstić information content (AvgIpc) is 2.33. The summed E-state index contributed by atoms with van der Waals surface area (Å²) in [6.45, 7) is 6.74. The average molecular weight is 298 g/mol. The van der Waals surface area contributed by atoms with Crippen LogP contribution in [0, 0.1) is 0 Å². The second kappa shape index (κ2) is 5.35. The molecule has 2 rings (SSSR count). The molecule has 0 aliphatic carbocycles. The number of β-amino-alcohol motifs (C(OH)–C–C–N with tert-alkyl or cyclic N) is 1. The number of benzene rings is 1. The first kappa shape index (κ1) is 15.3. The molecule has 0 amide bonds. The van der Waals surface area contributed by atoms with Gasteiger partial charge in [-0.3, -0.25) is 0 Å². The number of anilines is 1. The van der Waals surface area contributed by atoms with Gasteiger partial charge in [0.15, 0.2) is 0 Å². The third-order valence-electron chi connectivity index (χ3n) is 3.53. The lowest BCUT2D eigenvalue weighted by Crippen LogP contribution is -2.61. The Hall–Kier alpha value is -1.11. The van der Waals surface area contributed by atoms with Crippen LogP contribution in [0.2, 0.25) is 0 Å². The maximum absolute atomic E-state index is 12.0. The Balaban J connectivity index is 2.08. The van der Waals surface area contributed by atoms with E-state index in [4.69, 9.17) is 0 Å². The molecule has 112 valence electrons. The van der Waals surface area contributed by atoms with Gasteiger partial charge in [-0.1, -0.05) is 6.92 Å². The Kier molecular flexibility index (Phi) is 4.09. The van der Waals surface area contributed by atoms with Crippen LogP contribution in [0.3, 0.4) is 0 Å². The summed E-state index contributed by atoms with van der Waals surface area (Å²) < 4.78 is 26.5. The van der Waals surface area contributed by atoms with E-state index < -0.39 is 15.6 Å². The van der Waals surface area contributed by atoms with Crippen LogP contribution in [0.4, 0.5) is 5.69 Å². The molecule has 1 aromatic carbocycles. The van der Waals surface area contributed by atoms with Crippen LogP contribution in [0.5, 0.6) is 0 Å². The first-order chi connectivity index (χ1) is 9.26. The van der Waals surface area contributed by atoms with Crippen molar-refractivity contribution in [3.05, 3.63) is 24.3 Å². The van der Waals surface area contributed by atoms with Crippen molar-refractivity contribution in [1.29, 1.82) is 0 Å². The number of nitrogens with zero attached hydrogens (tertiary/aromatic N) is 1. The van der Waals surface area contributed by atoms with E-state index in [0.717, 1.165) is 12.1 Å². The molecular weight excluding hydrogens is 276 g/mol. The predicted molar refractivity (Wildman–Crippen MR) is 79.4 cm³/mol. The van der Waals surface area contributed by atoms with Crippen LogP contribution >= 0.6 is 0 Å². The fourth-order valence-corrected chi connectivity index (χ4v) is 3.54. The fourth-order valence-electron chi connectivity index (χ4n) is 2.28. The molecule has 1 saturated heterocycles. The number of hydrogen-bond donors (Lipinski definition) is 2. The van der Waals surface area contributed by atoms with Crippen LogP contribution in [-0.2, 0) is 10.0 Å². The quantitative estimate of drug-likeness (QED) is 0.860. The van der Waals surface area contributed by atoms with Gasteiger partial charge in [-0.15, -0.1) is 0 Å². The van der Waals surface area contributed by atoms with Gasteiger partial charge in [0.25, 0.3) is 0 Å². The third-order valence-corrected chi connectivity index (χ3v) is 5.21. The summed E-state index contributed by atoms with van der Waals surface area (Å²) in [5, 5.41) is 9.99. The molecular formula is C14H22N2O3S. The molecule has 1 aromatic rings. The Labute approximate surface area is 120 Å². The second-order valence-corrected chi connectivity index (χ2v) is 7.42. The third kappa shape index (κ3) is 3.13. The minimum Gasteiger partial charge on any atom is -0.386 e. The molecule has 0 spiro atoms. The first-order valence-electron chi connectivity index (χ1n) is 6.85. The summed E-state index contributed by atoms with van der Waals surface area (Å²) in [4.78, 5) is 2.30. The Morgan fingerprint density at radius 2 is 1.85 bits per heavy atom. The van der Waals surface area contributed by atoms with Gasteiger partial charge in [0.1, 0.15) is 0 Å². The summed E-state index contributed by atoms with van der Waals surface area (Å²) in [5.41, 5.74) is 0.343.